The van der Waals surface area contributed by atoms with Gasteiger partial charge in [0.2, 0.25) is 12.2 Å². The molecule has 3 N–H and O–H groups in total. The molecule has 0 radical (unpaired) electrons. The minimum absolute atomic E-state index is 0.0718. The van der Waals surface area contributed by atoms with Gasteiger partial charge < -0.3 is 20.3 Å². The number of amidine groups is 1. The lowest BCUT2D eigenvalue weighted by Gasteiger charge is -2.40. The number of likely N-dealkylation sites (tertiary alicyclic amines) is 2. The Hall–Kier alpha value is -3.23. The van der Waals surface area contributed by atoms with E-state index in [4.69, 9.17) is 15.9 Å². The summed E-state index contributed by atoms with van der Waals surface area (Å²) in [5, 5.41) is 7.46. The predicted octanol–water partition coefficient (Wildman–Crippen LogP) is 0.698. The van der Waals surface area contributed by atoms with Gasteiger partial charge in [-0.15, -0.1) is 0 Å². The Morgan fingerprint density at radius 2 is 1.73 bits per heavy atom. The van der Waals surface area contributed by atoms with Crippen molar-refractivity contribution >= 4 is 29.9 Å². The van der Waals surface area contributed by atoms with Gasteiger partial charge in [-0.1, -0.05) is 12.1 Å². The molecule has 9 nitrogen and oxygen atoms in total. The van der Waals surface area contributed by atoms with Gasteiger partial charge in [0.25, 0.3) is 5.91 Å². The van der Waals surface area contributed by atoms with Crippen molar-refractivity contribution in [1.29, 1.82) is 5.41 Å². The van der Waals surface area contributed by atoms with Crippen molar-refractivity contribution in [3.63, 3.8) is 0 Å². The molecule has 9 heteroatoms. The fraction of sp³-hybridized carbons (Fsp3) is 0.476. The molecule has 0 bridgehead atoms. The summed E-state index contributed by atoms with van der Waals surface area (Å²) in [5.41, 5.74) is 5.50. The Morgan fingerprint density at radius 1 is 1.13 bits per heavy atom. The molecule has 0 saturated carbocycles. The average molecular weight is 414 g/mol. The van der Waals surface area contributed by atoms with Crippen LogP contribution in [0.2, 0.25) is 0 Å². The van der Waals surface area contributed by atoms with Crippen molar-refractivity contribution in [2.24, 2.45) is 5.73 Å². The second-order valence-corrected chi connectivity index (χ2v) is 7.87. The molecular formula is C21H26N4O5. The Labute approximate surface area is 174 Å². The van der Waals surface area contributed by atoms with E-state index in [0.29, 0.717) is 50.0 Å². The van der Waals surface area contributed by atoms with Gasteiger partial charge in [-0.25, -0.2) is 4.79 Å². The van der Waals surface area contributed by atoms with Gasteiger partial charge in [0, 0.05) is 43.6 Å². The molecule has 2 saturated heterocycles. The van der Waals surface area contributed by atoms with Gasteiger partial charge in [-0.2, -0.15) is 0 Å². The van der Waals surface area contributed by atoms with Crippen molar-refractivity contribution in [1.82, 2.24) is 9.80 Å². The number of hydrogen-bond donors (Lipinski definition) is 2. The monoisotopic (exact) mass is 414 g/mol. The first kappa shape index (κ1) is 21.5. The second-order valence-electron chi connectivity index (χ2n) is 7.87. The second kappa shape index (κ2) is 8.64. The number of piperidine rings is 1. The molecule has 0 spiro atoms. The van der Waals surface area contributed by atoms with Crippen LogP contribution in [-0.2, 0) is 19.1 Å². The van der Waals surface area contributed by atoms with Crippen LogP contribution < -0.4 is 5.73 Å². The molecule has 0 unspecified atom stereocenters. The Kier molecular flexibility index (Phi) is 6.19. The molecule has 1 aromatic rings. The molecule has 0 aromatic heterocycles. The fourth-order valence-electron chi connectivity index (χ4n) is 4.17. The van der Waals surface area contributed by atoms with E-state index >= 15 is 0 Å². The van der Waals surface area contributed by atoms with Crippen LogP contribution in [0.4, 0.5) is 0 Å². The number of nitrogens with one attached hydrogen (secondary N) is 1. The van der Waals surface area contributed by atoms with Gasteiger partial charge >= 0.3 is 5.97 Å². The third-order valence-electron chi connectivity index (χ3n) is 5.90. The first-order valence-electron chi connectivity index (χ1n) is 9.98. The van der Waals surface area contributed by atoms with E-state index in [0.717, 1.165) is 6.42 Å². The largest absolute Gasteiger partial charge is 0.457 e. The number of esters is 1. The zero-order valence-corrected chi connectivity index (χ0v) is 16.9. The van der Waals surface area contributed by atoms with Crippen LogP contribution in [0.5, 0.6) is 0 Å². The average Bonchev–Trinajstić information content (AvgIpc) is 3.15. The number of carbonyl (C=O) groups excluding carboxylic acids is 4. The molecular weight excluding hydrogens is 388 g/mol. The summed E-state index contributed by atoms with van der Waals surface area (Å²) in [5.74, 6) is -1.31. The first-order valence-corrected chi connectivity index (χ1v) is 9.98. The number of nitrogens with two attached hydrogens (primary N) is 1. The molecule has 1 aromatic carbocycles. The molecule has 30 heavy (non-hydrogen) atoms. The van der Waals surface area contributed by atoms with Crippen molar-refractivity contribution in [3.05, 3.63) is 35.4 Å². The molecule has 0 aliphatic carbocycles. The Morgan fingerprint density at radius 3 is 2.30 bits per heavy atom. The predicted molar refractivity (Wildman–Crippen MR) is 108 cm³/mol. The van der Waals surface area contributed by atoms with E-state index in [1.165, 1.54) is 0 Å². The van der Waals surface area contributed by atoms with Crippen molar-refractivity contribution < 1.29 is 23.9 Å². The third kappa shape index (κ3) is 4.19. The molecule has 2 heterocycles. The van der Waals surface area contributed by atoms with E-state index < -0.39 is 11.5 Å². The van der Waals surface area contributed by atoms with E-state index in [1.807, 2.05) is 0 Å². The zero-order valence-electron chi connectivity index (χ0n) is 16.9. The van der Waals surface area contributed by atoms with E-state index in [1.54, 1.807) is 41.0 Å². The standard InChI is InChI=1S/C21H26N4O5/c1-21(20(29)24-11-7-16(8-12-24)30-17(27)13-26)9-2-10-25(21)19(28)15-5-3-14(4-6-15)18(22)23/h3-6,13,16H,2,7-12H2,1H3,(H3,22,23)/t21-/m0/s1. The molecule has 2 amide bonds. The Bertz CT molecular complexity index is 861. The fourth-order valence-corrected chi connectivity index (χ4v) is 4.17. The minimum Gasteiger partial charge on any atom is -0.457 e. The number of hydrogen-bond acceptors (Lipinski definition) is 6. The van der Waals surface area contributed by atoms with Gasteiger partial charge in [0.1, 0.15) is 17.5 Å². The van der Waals surface area contributed by atoms with Crippen LogP contribution in [-0.4, -0.2) is 71.0 Å². The highest BCUT2D eigenvalue weighted by atomic mass is 16.5. The van der Waals surface area contributed by atoms with Gasteiger partial charge in [-0.05, 0) is 31.9 Å². The van der Waals surface area contributed by atoms with Crippen LogP contribution in [0.3, 0.4) is 0 Å². The normalized spacial score (nSPS) is 21.9. The number of carbonyl (C=O) groups is 4. The summed E-state index contributed by atoms with van der Waals surface area (Å²) in [6, 6.07) is 6.48. The maximum atomic E-state index is 13.3. The highest BCUT2D eigenvalue weighted by molar-refractivity contribution is 6.20. The number of amides is 2. The van der Waals surface area contributed by atoms with Gasteiger partial charge in [0.15, 0.2) is 0 Å². The lowest BCUT2D eigenvalue weighted by atomic mass is 9.94. The van der Waals surface area contributed by atoms with Gasteiger partial charge in [-0.3, -0.25) is 19.8 Å². The molecule has 1 atom stereocenters. The summed E-state index contributed by atoms with van der Waals surface area (Å²) >= 11 is 0. The van der Waals surface area contributed by atoms with Crippen molar-refractivity contribution in [2.45, 2.75) is 44.2 Å². The zero-order chi connectivity index (χ0) is 21.9. The molecule has 2 aliphatic rings. The number of nitrogen functional groups attached to an aromatic ring is 1. The van der Waals surface area contributed by atoms with Crippen LogP contribution in [0, 0.1) is 5.41 Å². The Balaban J connectivity index is 1.69. The van der Waals surface area contributed by atoms with Crippen LogP contribution in [0.25, 0.3) is 0 Å². The SMILES string of the molecule is C[C@@]1(C(=O)N2CCC(OC(=O)C=O)CC2)CCCN1C(=O)c1ccc(C(=N)N)cc1. The summed E-state index contributed by atoms with van der Waals surface area (Å²) in [4.78, 5) is 51.3. The summed E-state index contributed by atoms with van der Waals surface area (Å²) in [6.45, 7) is 3.09. The molecule has 2 fully saturated rings. The maximum Gasteiger partial charge on any atom is 0.371 e. The number of rotatable bonds is 5. The quantitative estimate of drug-likeness (QED) is 0.239. The highest BCUT2D eigenvalue weighted by Gasteiger charge is 2.48. The number of aldehydes is 1. The van der Waals surface area contributed by atoms with E-state index in [9.17, 15) is 19.2 Å². The number of ether oxygens (including phenoxy) is 1. The number of benzene rings is 1. The molecule has 2 aliphatic heterocycles. The summed E-state index contributed by atoms with van der Waals surface area (Å²) in [7, 11) is 0. The minimum atomic E-state index is -0.942. The maximum absolute atomic E-state index is 13.3. The summed E-state index contributed by atoms with van der Waals surface area (Å²) in [6.07, 6.45) is 1.99. The van der Waals surface area contributed by atoms with Crippen LogP contribution in [0.15, 0.2) is 24.3 Å². The molecule has 160 valence electrons. The lowest BCUT2D eigenvalue weighted by Crippen LogP contribution is -2.58. The van der Waals surface area contributed by atoms with E-state index in [2.05, 4.69) is 0 Å². The molecule has 3 rings (SSSR count). The third-order valence-corrected chi connectivity index (χ3v) is 5.90. The summed E-state index contributed by atoms with van der Waals surface area (Å²) < 4.78 is 5.03. The van der Waals surface area contributed by atoms with Gasteiger partial charge in [0.05, 0.1) is 0 Å². The smallest absolute Gasteiger partial charge is 0.371 e. The van der Waals surface area contributed by atoms with Crippen molar-refractivity contribution in [3.8, 4) is 0 Å². The van der Waals surface area contributed by atoms with Crippen LogP contribution in [0.1, 0.15) is 48.5 Å². The van der Waals surface area contributed by atoms with Crippen LogP contribution >= 0.6 is 0 Å². The topological polar surface area (TPSA) is 134 Å². The lowest BCUT2D eigenvalue weighted by molar-refractivity contribution is -0.156. The highest BCUT2D eigenvalue weighted by Crippen LogP contribution is 2.33. The van der Waals surface area contributed by atoms with Crippen molar-refractivity contribution in [2.75, 3.05) is 19.6 Å². The van der Waals surface area contributed by atoms with E-state index in [-0.39, 0.29) is 30.0 Å². The number of nitrogens with zero attached hydrogens (tertiary/aromatic N) is 2. The first-order chi connectivity index (χ1) is 14.3.